The van der Waals surface area contributed by atoms with E-state index in [9.17, 15) is 58.7 Å². The number of benzene rings is 2. The number of aryl methyl sites for hydroxylation is 1. The molecule has 0 bridgehead atoms. The molecule has 6 rings (SSSR count). The van der Waals surface area contributed by atoms with Gasteiger partial charge in [0.15, 0.2) is 5.82 Å². The van der Waals surface area contributed by atoms with Gasteiger partial charge in [-0.2, -0.15) is 39.5 Å². The molecule has 9 nitrogen and oxygen atoms in total. The molecule has 0 spiro atoms. The lowest BCUT2D eigenvalue weighted by atomic mass is 10.1. The van der Waals surface area contributed by atoms with Crippen molar-refractivity contribution in [3.05, 3.63) is 111 Å². The predicted octanol–water partition coefficient (Wildman–Crippen LogP) is 7.18. The first kappa shape index (κ1) is 34.0. The molecule has 19 heteroatoms. The lowest BCUT2D eigenvalue weighted by molar-refractivity contribution is -0.138. The van der Waals surface area contributed by atoms with Crippen LogP contribution in [-0.4, -0.2) is 38.6 Å². The Hall–Kier alpha value is -5.39. The van der Waals surface area contributed by atoms with Crippen molar-refractivity contribution in [2.45, 2.75) is 25.5 Å². The first-order valence-corrected chi connectivity index (χ1v) is 13.3. The van der Waals surface area contributed by atoms with Gasteiger partial charge >= 0.3 is 18.5 Å². The fraction of sp³-hybridized carbons (Fsp3) is 0.138. The minimum atomic E-state index is -4.75. The summed E-state index contributed by atoms with van der Waals surface area (Å²) in [5, 5.41) is -0.648. The van der Waals surface area contributed by atoms with Gasteiger partial charge in [0, 0.05) is 18.1 Å². The summed E-state index contributed by atoms with van der Waals surface area (Å²) < 4.78 is 114. The van der Waals surface area contributed by atoms with Crippen LogP contribution in [0.2, 0.25) is 5.02 Å². The molecule has 0 fully saturated rings. The van der Waals surface area contributed by atoms with E-state index in [1.54, 1.807) is 13.0 Å². The van der Waals surface area contributed by atoms with E-state index in [-0.39, 0.29) is 22.6 Å². The predicted molar refractivity (Wildman–Crippen MR) is 146 cm³/mol. The zero-order valence-corrected chi connectivity index (χ0v) is 24.2. The third-order valence-electron chi connectivity index (χ3n) is 6.77. The van der Waals surface area contributed by atoms with Crippen LogP contribution < -0.4 is 9.80 Å². The number of halogens is 10. The normalized spacial score (nSPS) is 14.6. The molecule has 2 aliphatic heterocycles. The zero-order chi connectivity index (χ0) is 35.5. The number of carbonyl (C=O) groups is 4. The van der Waals surface area contributed by atoms with Crippen LogP contribution in [0.1, 0.15) is 63.8 Å². The lowest BCUT2D eigenvalue weighted by Crippen LogP contribution is -2.31. The van der Waals surface area contributed by atoms with E-state index in [0.717, 1.165) is 18.2 Å². The van der Waals surface area contributed by atoms with Gasteiger partial charge in [-0.3, -0.25) is 19.2 Å². The van der Waals surface area contributed by atoms with Crippen molar-refractivity contribution in [1.29, 1.82) is 0 Å². The lowest BCUT2D eigenvalue weighted by Gasteiger charge is -2.15. The molecule has 4 heterocycles. The fourth-order valence-electron chi connectivity index (χ4n) is 4.50. The standard InChI is InChI=1S/C15H5ClF6N2O2.C14H8F3N3O2/c16-10-4-7(15(20,21)22)5-23-11(10)24-12(25)8-2-1-6(14(17,18)19)3-9(8)13(24)26;1-7-4-5-18-13(19-7)20-11(21)9-3-2-8(14(15,16)17)6-10(9)12(20)22/h1-5H;2-6H,1H3. The molecule has 0 atom stereocenters. The quantitative estimate of drug-likeness (QED) is 0.161. The average molecular weight is 702 g/mol. The van der Waals surface area contributed by atoms with Crippen LogP contribution in [0.4, 0.5) is 51.3 Å². The number of hydrogen-bond acceptors (Lipinski definition) is 7. The Labute approximate surface area is 266 Å². The van der Waals surface area contributed by atoms with E-state index in [2.05, 4.69) is 15.0 Å². The van der Waals surface area contributed by atoms with Gasteiger partial charge in [-0.25, -0.2) is 24.8 Å². The van der Waals surface area contributed by atoms with Crippen molar-refractivity contribution in [1.82, 2.24) is 15.0 Å². The van der Waals surface area contributed by atoms with Crippen LogP contribution in [0.25, 0.3) is 0 Å². The summed E-state index contributed by atoms with van der Waals surface area (Å²) in [5.41, 5.74) is -4.08. The van der Waals surface area contributed by atoms with Crippen LogP contribution >= 0.6 is 11.6 Å². The summed E-state index contributed by atoms with van der Waals surface area (Å²) in [5.74, 6) is -4.55. The number of rotatable bonds is 2. The van der Waals surface area contributed by atoms with Crippen LogP contribution in [0.5, 0.6) is 0 Å². The molecule has 48 heavy (non-hydrogen) atoms. The molecule has 4 aromatic rings. The number of carbonyl (C=O) groups excluding carboxylic acids is 4. The third kappa shape index (κ3) is 6.17. The fourth-order valence-corrected chi connectivity index (χ4v) is 4.75. The van der Waals surface area contributed by atoms with Crippen molar-refractivity contribution < 1.29 is 58.7 Å². The van der Waals surface area contributed by atoms with Crippen LogP contribution in [0.3, 0.4) is 0 Å². The molecular weight excluding hydrogens is 689 g/mol. The van der Waals surface area contributed by atoms with E-state index in [4.69, 9.17) is 11.6 Å². The third-order valence-corrected chi connectivity index (χ3v) is 7.05. The van der Waals surface area contributed by atoms with E-state index in [0.29, 0.717) is 46.0 Å². The Morgan fingerprint density at radius 3 is 1.50 bits per heavy atom. The van der Waals surface area contributed by atoms with E-state index >= 15 is 0 Å². The Morgan fingerprint density at radius 2 is 1.04 bits per heavy atom. The second-order valence-corrected chi connectivity index (χ2v) is 10.3. The smallest absolute Gasteiger partial charge is 0.268 e. The molecule has 0 radical (unpaired) electrons. The van der Waals surface area contributed by atoms with Gasteiger partial charge in [0.2, 0.25) is 5.95 Å². The topological polar surface area (TPSA) is 113 Å². The summed E-state index contributed by atoms with van der Waals surface area (Å²) in [6.07, 6.45) is -12.4. The maximum absolute atomic E-state index is 12.8. The summed E-state index contributed by atoms with van der Waals surface area (Å²) in [6, 6.07) is 6.40. The summed E-state index contributed by atoms with van der Waals surface area (Å²) in [7, 11) is 0. The molecule has 4 amide bonds. The van der Waals surface area contributed by atoms with E-state index < -0.39 is 75.3 Å². The maximum atomic E-state index is 12.8. The SMILES string of the molecule is Cc1ccnc(N2C(=O)c3ccc(C(F)(F)F)cc3C2=O)n1.O=C1c2ccc(C(F)(F)F)cc2C(=O)N1c1ncc(C(F)(F)F)cc1Cl. The highest BCUT2D eigenvalue weighted by Crippen LogP contribution is 2.38. The molecule has 2 aliphatic rings. The Balaban J connectivity index is 0.000000190. The van der Waals surface area contributed by atoms with Gasteiger partial charge in [-0.05, 0) is 55.5 Å². The largest absolute Gasteiger partial charge is 0.417 e. The number of alkyl halides is 9. The number of anilines is 2. The molecule has 0 unspecified atom stereocenters. The second-order valence-electron chi connectivity index (χ2n) is 9.93. The van der Waals surface area contributed by atoms with Crippen molar-refractivity contribution in [3.63, 3.8) is 0 Å². The number of pyridine rings is 1. The molecule has 0 aliphatic carbocycles. The molecule has 0 saturated heterocycles. The van der Waals surface area contributed by atoms with Gasteiger partial charge in [-0.15, -0.1) is 0 Å². The molecule has 2 aromatic carbocycles. The van der Waals surface area contributed by atoms with Crippen molar-refractivity contribution in [3.8, 4) is 0 Å². The zero-order valence-electron chi connectivity index (χ0n) is 23.4. The number of nitrogens with zero attached hydrogens (tertiary/aromatic N) is 5. The molecule has 0 N–H and O–H groups in total. The van der Waals surface area contributed by atoms with Crippen LogP contribution in [0, 0.1) is 6.92 Å². The average Bonchev–Trinajstić information content (AvgIpc) is 3.39. The highest BCUT2D eigenvalue weighted by Gasteiger charge is 2.43. The van der Waals surface area contributed by atoms with Gasteiger partial charge in [-0.1, -0.05) is 11.6 Å². The first-order chi connectivity index (χ1) is 22.2. The minimum absolute atomic E-state index is 0.0943. The van der Waals surface area contributed by atoms with E-state index in [1.165, 1.54) is 6.20 Å². The van der Waals surface area contributed by atoms with Crippen molar-refractivity contribution in [2.24, 2.45) is 0 Å². The van der Waals surface area contributed by atoms with Gasteiger partial charge in [0.05, 0.1) is 44.0 Å². The van der Waals surface area contributed by atoms with Gasteiger partial charge in [0.25, 0.3) is 23.6 Å². The summed E-state index contributed by atoms with van der Waals surface area (Å²) in [6.45, 7) is 1.64. The Kier molecular flexibility index (Phi) is 8.27. The number of fused-ring (bicyclic) bond motifs is 2. The second kappa shape index (κ2) is 11.7. The van der Waals surface area contributed by atoms with Crippen LogP contribution in [0.15, 0.2) is 60.9 Å². The first-order valence-electron chi connectivity index (χ1n) is 12.9. The van der Waals surface area contributed by atoms with Crippen molar-refractivity contribution >= 4 is 47.0 Å². The van der Waals surface area contributed by atoms with Gasteiger partial charge < -0.3 is 0 Å². The van der Waals surface area contributed by atoms with E-state index in [1.807, 2.05) is 0 Å². The monoisotopic (exact) mass is 701 g/mol. The number of hydrogen-bond donors (Lipinski definition) is 0. The molecule has 2 aromatic heterocycles. The highest BCUT2D eigenvalue weighted by atomic mass is 35.5. The number of amides is 4. The molecule has 0 saturated carbocycles. The summed E-state index contributed by atoms with van der Waals surface area (Å²) >= 11 is 5.70. The van der Waals surface area contributed by atoms with Gasteiger partial charge in [0.1, 0.15) is 0 Å². The van der Waals surface area contributed by atoms with Crippen LogP contribution in [-0.2, 0) is 18.5 Å². The van der Waals surface area contributed by atoms with Crippen molar-refractivity contribution in [2.75, 3.05) is 9.80 Å². The minimum Gasteiger partial charge on any atom is -0.268 e. The number of imide groups is 2. The Bertz CT molecular complexity index is 2030. The maximum Gasteiger partial charge on any atom is 0.417 e. The Morgan fingerprint density at radius 1 is 0.583 bits per heavy atom. The summed E-state index contributed by atoms with van der Waals surface area (Å²) in [4.78, 5) is 61.3. The highest BCUT2D eigenvalue weighted by molar-refractivity contribution is 6.39. The number of aromatic nitrogens is 3. The molecular formula is C29H13ClF9N5O4. The molecule has 248 valence electrons.